The molecule has 0 radical (unpaired) electrons. The molecule has 0 aromatic heterocycles. The summed E-state index contributed by atoms with van der Waals surface area (Å²) in [4.78, 5) is 16.9. The number of benzene rings is 1. The molecular weight excluding hydrogens is 358 g/mol. The van der Waals surface area contributed by atoms with Crippen molar-refractivity contribution in [2.45, 2.75) is 51.3 Å². The molecule has 7 nitrogen and oxygen atoms in total. The third-order valence-electron chi connectivity index (χ3n) is 5.67. The Morgan fingerprint density at radius 3 is 2.25 bits per heavy atom. The van der Waals surface area contributed by atoms with Gasteiger partial charge in [-0.1, -0.05) is 6.07 Å². The van der Waals surface area contributed by atoms with Gasteiger partial charge in [-0.3, -0.25) is 4.90 Å². The molecule has 2 saturated heterocycles. The Labute approximate surface area is 167 Å². The smallest absolute Gasteiger partial charge is 0.317 e. The van der Waals surface area contributed by atoms with E-state index >= 15 is 0 Å². The van der Waals surface area contributed by atoms with Crippen molar-refractivity contribution in [3.63, 3.8) is 0 Å². The third-order valence-corrected chi connectivity index (χ3v) is 5.67. The molecule has 1 atom stereocenters. The highest BCUT2D eigenvalue weighted by molar-refractivity contribution is 5.74. The van der Waals surface area contributed by atoms with E-state index in [1.54, 1.807) is 14.2 Å². The topological polar surface area (TPSA) is 63.3 Å². The molecule has 1 aromatic carbocycles. The summed E-state index contributed by atoms with van der Waals surface area (Å²) in [6.45, 7) is 7.77. The van der Waals surface area contributed by atoms with Gasteiger partial charge in [0.2, 0.25) is 5.75 Å². The lowest BCUT2D eigenvalue weighted by Crippen LogP contribution is -2.50. The van der Waals surface area contributed by atoms with Crippen molar-refractivity contribution in [2.24, 2.45) is 0 Å². The number of urea groups is 1. The number of hydrogen-bond acceptors (Lipinski definition) is 5. The van der Waals surface area contributed by atoms with E-state index in [4.69, 9.17) is 14.2 Å². The van der Waals surface area contributed by atoms with Crippen molar-refractivity contribution in [2.75, 3.05) is 40.4 Å². The molecule has 2 aliphatic heterocycles. The van der Waals surface area contributed by atoms with Crippen molar-refractivity contribution in [3.05, 3.63) is 18.2 Å². The average Bonchev–Trinajstić information content (AvgIpc) is 3.17. The van der Waals surface area contributed by atoms with Crippen LogP contribution in [0.25, 0.3) is 0 Å². The fourth-order valence-electron chi connectivity index (χ4n) is 3.92. The highest BCUT2D eigenvalue weighted by Crippen LogP contribution is 2.38. The normalized spacial score (nSPS) is 21.0. The predicted molar refractivity (Wildman–Crippen MR) is 108 cm³/mol. The first-order valence-corrected chi connectivity index (χ1v) is 10.2. The van der Waals surface area contributed by atoms with Crippen LogP contribution in [0.4, 0.5) is 4.79 Å². The van der Waals surface area contributed by atoms with Gasteiger partial charge in [-0.15, -0.1) is 0 Å². The third kappa shape index (κ3) is 4.82. The minimum absolute atomic E-state index is 0.0390. The van der Waals surface area contributed by atoms with Gasteiger partial charge < -0.3 is 24.4 Å². The van der Waals surface area contributed by atoms with E-state index in [2.05, 4.69) is 24.1 Å². The molecule has 1 aromatic rings. The number of piperidine rings is 1. The number of ether oxygens (including phenoxy) is 3. The Morgan fingerprint density at radius 1 is 1.07 bits per heavy atom. The zero-order valence-electron chi connectivity index (χ0n) is 17.4. The first-order valence-electron chi connectivity index (χ1n) is 10.2. The summed E-state index contributed by atoms with van der Waals surface area (Å²) in [5.74, 6) is 1.96. The second kappa shape index (κ2) is 9.37. The molecule has 156 valence electrons. The molecule has 2 fully saturated rings. The van der Waals surface area contributed by atoms with Gasteiger partial charge in [-0.25, -0.2) is 4.79 Å². The van der Waals surface area contributed by atoms with Crippen LogP contribution in [0.2, 0.25) is 0 Å². The van der Waals surface area contributed by atoms with E-state index in [9.17, 15) is 4.79 Å². The van der Waals surface area contributed by atoms with Gasteiger partial charge in [0.05, 0.1) is 14.2 Å². The minimum atomic E-state index is 0.0390. The van der Waals surface area contributed by atoms with Gasteiger partial charge in [0.15, 0.2) is 11.5 Å². The number of carbonyl (C=O) groups excluding carboxylic acids is 1. The summed E-state index contributed by atoms with van der Waals surface area (Å²) >= 11 is 0. The number of nitrogens with one attached hydrogen (secondary N) is 1. The summed E-state index contributed by atoms with van der Waals surface area (Å²) in [6.07, 6.45) is 2.64. The summed E-state index contributed by atoms with van der Waals surface area (Å²) < 4.78 is 17.0. The molecule has 28 heavy (non-hydrogen) atoms. The zero-order chi connectivity index (χ0) is 20.1. The standard InChI is InChI=1S/C21H33N3O4/c1-15(2)24-11-8-16(14-24)22-21(25)23-12-9-17(10-13-23)28-20-18(26-3)6-5-7-19(20)27-4/h5-7,15-17H,8-14H2,1-4H3,(H,22,25). The monoisotopic (exact) mass is 391 g/mol. The van der Waals surface area contributed by atoms with Gasteiger partial charge in [0, 0.05) is 51.1 Å². The molecule has 1 unspecified atom stereocenters. The maximum atomic E-state index is 12.6. The van der Waals surface area contributed by atoms with Gasteiger partial charge in [-0.05, 0) is 32.4 Å². The predicted octanol–water partition coefficient (Wildman–Crippen LogP) is 2.74. The van der Waals surface area contributed by atoms with E-state index in [1.165, 1.54) is 0 Å². The van der Waals surface area contributed by atoms with Crippen molar-refractivity contribution in [1.82, 2.24) is 15.1 Å². The largest absolute Gasteiger partial charge is 0.493 e. The van der Waals surface area contributed by atoms with Crippen LogP contribution in [0.3, 0.4) is 0 Å². The Morgan fingerprint density at radius 2 is 1.71 bits per heavy atom. The van der Waals surface area contributed by atoms with Crippen LogP contribution in [-0.2, 0) is 0 Å². The average molecular weight is 392 g/mol. The molecule has 0 bridgehead atoms. The summed E-state index contributed by atoms with van der Waals surface area (Å²) in [6, 6.07) is 6.43. The molecule has 2 amide bonds. The summed E-state index contributed by atoms with van der Waals surface area (Å²) in [7, 11) is 3.25. The van der Waals surface area contributed by atoms with Crippen LogP contribution in [0.1, 0.15) is 33.1 Å². The number of carbonyl (C=O) groups is 1. The van der Waals surface area contributed by atoms with Crippen LogP contribution in [0.5, 0.6) is 17.2 Å². The van der Waals surface area contributed by atoms with E-state index in [0.717, 1.165) is 32.4 Å². The van der Waals surface area contributed by atoms with Crippen molar-refractivity contribution < 1.29 is 19.0 Å². The SMILES string of the molecule is COc1cccc(OC)c1OC1CCN(C(=O)NC2CCN(C(C)C)C2)CC1. The van der Waals surface area contributed by atoms with Crippen molar-refractivity contribution >= 4 is 6.03 Å². The molecule has 0 spiro atoms. The first kappa shape index (κ1) is 20.6. The van der Waals surface area contributed by atoms with Crippen molar-refractivity contribution in [3.8, 4) is 17.2 Å². The Kier molecular flexibility index (Phi) is 6.88. The highest BCUT2D eigenvalue weighted by atomic mass is 16.5. The van der Waals surface area contributed by atoms with Crippen LogP contribution in [0.15, 0.2) is 18.2 Å². The number of methoxy groups -OCH3 is 2. The van der Waals surface area contributed by atoms with Gasteiger partial charge >= 0.3 is 6.03 Å². The van der Waals surface area contributed by atoms with Gasteiger partial charge in [-0.2, -0.15) is 0 Å². The van der Waals surface area contributed by atoms with Crippen LogP contribution < -0.4 is 19.5 Å². The van der Waals surface area contributed by atoms with Crippen LogP contribution >= 0.6 is 0 Å². The Hall–Kier alpha value is -2.15. The molecule has 0 aliphatic carbocycles. The summed E-state index contributed by atoms with van der Waals surface area (Å²) in [5.41, 5.74) is 0. The minimum Gasteiger partial charge on any atom is -0.493 e. The number of para-hydroxylation sites is 1. The number of amides is 2. The van der Waals surface area contributed by atoms with Gasteiger partial charge in [0.25, 0.3) is 0 Å². The highest BCUT2D eigenvalue weighted by Gasteiger charge is 2.29. The van der Waals surface area contributed by atoms with Crippen LogP contribution in [0, 0.1) is 0 Å². The molecular formula is C21H33N3O4. The number of rotatable bonds is 6. The van der Waals surface area contributed by atoms with E-state index in [-0.39, 0.29) is 18.2 Å². The maximum absolute atomic E-state index is 12.6. The molecule has 3 rings (SSSR count). The molecule has 1 N–H and O–H groups in total. The van der Waals surface area contributed by atoms with E-state index < -0.39 is 0 Å². The second-order valence-electron chi connectivity index (χ2n) is 7.82. The van der Waals surface area contributed by atoms with E-state index in [1.807, 2.05) is 23.1 Å². The maximum Gasteiger partial charge on any atom is 0.317 e. The Bertz CT molecular complexity index is 637. The molecule has 7 heteroatoms. The van der Waals surface area contributed by atoms with Crippen molar-refractivity contribution in [1.29, 1.82) is 0 Å². The van der Waals surface area contributed by atoms with Crippen LogP contribution in [-0.4, -0.2) is 74.4 Å². The fourth-order valence-corrected chi connectivity index (χ4v) is 3.92. The molecule has 2 aliphatic rings. The zero-order valence-corrected chi connectivity index (χ0v) is 17.4. The lowest BCUT2D eigenvalue weighted by Gasteiger charge is -2.33. The lowest BCUT2D eigenvalue weighted by molar-refractivity contribution is 0.104. The lowest BCUT2D eigenvalue weighted by atomic mass is 10.1. The fraction of sp³-hybridized carbons (Fsp3) is 0.667. The first-order chi connectivity index (χ1) is 13.5. The number of nitrogens with zero attached hydrogens (tertiary/aromatic N) is 2. The number of hydrogen-bond donors (Lipinski definition) is 1. The second-order valence-corrected chi connectivity index (χ2v) is 7.82. The van der Waals surface area contributed by atoms with E-state index in [0.29, 0.717) is 36.4 Å². The quantitative estimate of drug-likeness (QED) is 0.808. The molecule has 0 saturated carbocycles. The number of likely N-dealkylation sites (tertiary alicyclic amines) is 2. The molecule has 2 heterocycles. The Balaban J connectivity index is 1.49. The van der Waals surface area contributed by atoms with Gasteiger partial charge in [0.1, 0.15) is 6.10 Å². The summed E-state index contributed by atoms with van der Waals surface area (Å²) in [5, 5.41) is 3.20.